The lowest BCUT2D eigenvalue weighted by Crippen LogP contribution is -2.55. The maximum Gasteiger partial charge on any atom is 0.256 e. The van der Waals surface area contributed by atoms with Crippen LogP contribution in [0.3, 0.4) is 0 Å². The van der Waals surface area contributed by atoms with Gasteiger partial charge in [0, 0.05) is 47.8 Å². The molecule has 3 aromatic rings. The second-order valence-corrected chi connectivity index (χ2v) is 9.81. The van der Waals surface area contributed by atoms with Crippen molar-refractivity contribution in [2.24, 2.45) is 0 Å². The Balaban J connectivity index is 1.54. The van der Waals surface area contributed by atoms with E-state index in [1.165, 1.54) is 0 Å². The molecule has 7 nitrogen and oxygen atoms in total. The molecular formula is C29H32N4O3. The Bertz CT molecular complexity index is 1360. The molecule has 0 bridgehead atoms. The topological polar surface area (TPSA) is 86.5 Å². The van der Waals surface area contributed by atoms with E-state index in [0.29, 0.717) is 24.2 Å². The number of nitrogens with one attached hydrogen (secondary N) is 3. The molecule has 7 heteroatoms. The predicted molar refractivity (Wildman–Crippen MR) is 143 cm³/mol. The number of benzene rings is 2. The lowest BCUT2D eigenvalue weighted by atomic mass is 9.94. The minimum absolute atomic E-state index is 0.0290. The third kappa shape index (κ3) is 4.20. The van der Waals surface area contributed by atoms with Gasteiger partial charge in [-0.2, -0.15) is 0 Å². The van der Waals surface area contributed by atoms with Gasteiger partial charge in [0.25, 0.3) is 11.8 Å². The van der Waals surface area contributed by atoms with E-state index in [9.17, 15) is 9.59 Å². The van der Waals surface area contributed by atoms with Gasteiger partial charge in [0.2, 0.25) is 0 Å². The predicted octanol–water partition coefficient (Wildman–Crippen LogP) is 4.62. The molecular weight excluding hydrogens is 452 g/mol. The highest BCUT2D eigenvalue weighted by atomic mass is 16.5. The third-order valence-electron chi connectivity index (χ3n) is 7.05. The molecule has 2 amide bonds. The second kappa shape index (κ2) is 9.32. The van der Waals surface area contributed by atoms with Crippen molar-refractivity contribution in [3.8, 4) is 16.9 Å². The highest BCUT2D eigenvalue weighted by Gasteiger charge is 2.31. The van der Waals surface area contributed by atoms with Crippen LogP contribution in [0.15, 0.2) is 42.5 Å². The van der Waals surface area contributed by atoms with Crippen LogP contribution in [0.4, 0.5) is 5.69 Å². The lowest BCUT2D eigenvalue weighted by molar-refractivity contribution is -0.110. The molecule has 1 fully saturated rings. The van der Waals surface area contributed by atoms with Crippen molar-refractivity contribution in [3.05, 3.63) is 70.5 Å². The summed E-state index contributed by atoms with van der Waals surface area (Å²) in [4.78, 5) is 31.9. The summed E-state index contributed by atoms with van der Waals surface area (Å²) in [5.74, 6) is 0.649. The first-order valence-electron chi connectivity index (χ1n) is 12.3. The largest absolute Gasteiger partial charge is 0.497 e. The molecule has 36 heavy (non-hydrogen) atoms. The number of piperazine rings is 1. The van der Waals surface area contributed by atoms with Crippen molar-refractivity contribution in [1.29, 1.82) is 0 Å². The van der Waals surface area contributed by atoms with Gasteiger partial charge in [0.15, 0.2) is 0 Å². The number of methoxy groups -OCH3 is 1. The number of anilines is 1. The minimum atomic E-state index is -0.157. The summed E-state index contributed by atoms with van der Waals surface area (Å²) in [5, 5.41) is 6.47. The summed E-state index contributed by atoms with van der Waals surface area (Å²) in [6.07, 6.45) is 1.87. The number of hydrogen-bond donors (Lipinski definition) is 3. The first-order chi connectivity index (χ1) is 17.3. The Labute approximate surface area is 211 Å². The molecule has 2 aliphatic heterocycles. The van der Waals surface area contributed by atoms with Gasteiger partial charge < -0.3 is 25.3 Å². The number of carbonyl (C=O) groups is 2. The number of aromatic amines is 1. The van der Waals surface area contributed by atoms with Crippen molar-refractivity contribution >= 4 is 29.2 Å². The fourth-order valence-electron chi connectivity index (χ4n) is 5.43. The van der Waals surface area contributed by atoms with Gasteiger partial charge in [0.1, 0.15) is 5.75 Å². The summed E-state index contributed by atoms with van der Waals surface area (Å²) in [7, 11) is 1.64. The van der Waals surface area contributed by atoms with E-state index in [2.05, 4.69) is 29.5 Å². The molecule has 5 rings (SSSR count). The number of aromatic nitrogens is 1. The van der Waals surface area contributed by atoms with E-state index >= 15 is 0 Å². The van der Waals surface area contributed by atoms with E-state index in [1.807, 2.05) is 67.3 Å². The Hall–Kier alpha value is -3.84. The summed E-state index contributed by atoms with van der Waals surface area (Å²) in [6, 6.07) is 14.2. The molecule has 0 radical (unpaired) electrons. The minimum Gasteiger partial charge on any atom is -0.497 e. The Kier molecular flexibility index (Phi) is 6.18. The monoisotopic (exact) mass is 484 g/mol. The number of fused-ring (bicyclic) bond motifs is 1. The van der Waals surface area contributed by atoms with Gasteiger partial charge >= 0.3 is 0 Å². The van der Waals surface area contributed by atoms with Crippen molar-refractivity contribution in [3.63, 3.8) is 0 Å². The molecule has 0 spiro atoms. The molecule has 2 aliphatic rings. The number of H-pyrrole nitrogens is 1. The molecule has 1 aromatic heterocycles. The van der Waals surface area contributed by atoms with E-state index in [0.717, 1.165) is 45.1 Å². The summed E-state index contributed by atoms with van der Waals surface area (Å²) >= 11 is 0. The average molecular weight is 485 g/mol. The normalized spacial score (nSPS) is 20.4. The van der Waals surface area contributed by atoms with Gasteiger partial charge in [0.05, 0.1) is 18.2 Å². The van der Waals surface area contributed by atoms with Crippen LogP contribution in [0.25, 0.3) is 22.8 Å². The number of nitrogens with zero attached hydrogens (tertiary/aromatic N) is 1. The van der Waals surface area contributed by atoms with Crippen molar-refractivity contribution in [2.75, 3.05) is 25.5 Å². The molecule has 3 heterocycles. The number of rotatable bonds is 4. The van der Waals surface area contributed by atoms with Gasteiger partial charge in [-0.25, -0.2) is 0 Å². The number of hydrogen-bond acceptors (Lipinski definition) is 4. The van der Waals surface area contributed by atoms with Crippen LogP contribution in [0.1, 0.15) is 46.7 Å². The molecule has 2 atom stereocenters. The first-order valence-corrected chi connectivity index (χ1v) is 12.3. The zero-order chi connectivity index (χ0) is 25.6. The maximum atomic E-state index is 13.5. The van der Waals surface area contributed by atoms with Gasteiger partial charge in [-0.1, -0.05) is 24.3 Å². The number of aryl methyl sites for hydroxylation is 1. The SMILES string of the molecule is COc1ccc(-c2cccc3c2C(=Cc2[nH]c(C)c(C(=O)N4C[C@@H](C)N[C@H](C)C4)c2C)C(=O)N3)cc1. The van der Waals surface area contributed by atoms with Crippen LogP contribution in [-0.4, -0.2) is 54.0 Å². The Morgan fingerprint density at radius 1 is 1.06 bits per heavy atom. The summed E-state index contributed by atoms with van der Waals surface area (Å²) in [6.45, 7) is 9.40. The maximum absolute atomic E-state index is 13.5. The number of ether oxygens (including phenoxy) is 1. The Morgan fingerprint density at radius 2 is 1.75 bits per heavy atom. The second-order valence-electron chi connectivity index (χ2n) is 9.81. The molecule has 1 saturated heterocycles. The van der Waals surface area contributed by atoms with Crippen LogP contribution in [0.5, 0.6) is 5.75 Å². The number of amides is 2. The van der Waals surface area contributed by atoms with Crippen molar-refractivity contribution in [2.45, 2.75) is 39.8 Å². The highest BCUT2D eigenvalue weighted by molar-refractivity contribution is 6.36. The fourth-order valence-corrected chi connectivity index (χ4v) is 5.43. The van der Waals surface area contributed by atoms with Crippen LogP contribution in [-0.2, 0) is 4.79 Å². The zero-order valence-corrected chi connectivity index (χ0v) is 21.4. The van der Waals surface area contributed by atoms with E-state index in [1.54, 1.807) is 7.11 Å². The standard InChI is InChI=1S/C29H32N4O3/c1-16-14-33(15-17(2)30-16)29(35)26-18(3)25(31-19(26)4)13-23-27-22(7-6-8-24(27)32-28(23)34)20-9-11-21(36-5)12-10-20/h6-13,16-17,30-31H,14-15H2,1-5H3,(H,32,34)/t16-,17-/m1/s1. The molecule has 0 saturated carbocycles. The molecule has 3 N–H and O–H groups in total. The van der Waals surface area contributed by atoms with Crippen LogP contribution < -0.4 is 15.4 Å². The lowest BCUT2D eigenvalue weighted by Gasteiger charge is -2.36. The average Bonchev–Trinajstić information content (AvgIpc) is 3.32. The molecule has 0 aliphatic carbocycles. The van der Waals surface area contributed by atoms with Gasteiger partial charge in [-0.3, -0.25) is 9.59 Å². The Morgan fingerprint density at radius 3 is 2.42 bits per heavy atom. The highest BCUT2D eigenvalue weighted by Crippen LogP contribution is 2.41. The zero-order valence-electron chi connectivity index (χ0n) is 21.4. The molecule has 2 aromatic carbocycles. The van der Waals surface area contributed by atoms with Crippen LogP contribution in [0.2, 0.25) is 0 Å². The van der Waals surface area contributed by atoms with E-state index in [4.69, 9.17) is 4.74 Å². The van der Waals surface area contributed by atoms with E-state index in [-0.39, 0.29) is 23.9 Å². The van der Waals surface area contributed by atoms with Gasteiger partial charge in [-0.05, 0) is 68.7 Å². The smallest absolute Gasteiger partial charge is 0.256 e. The summed E-state index contributed by atoms with van der Waals surface area (Å²) in [5.41, 5.74) is 7.28. The van der Waals surface area contributed by atoms with Crippen molar-refractivity contribution < 1.29 is 14.3 Å². The number of carbonyl (C=O) groups excluding carboxylic acids is 2. The van der Waals surface area contributed by atoms with Crippen molar-refractivity contribution in [1.82, 2.24) is 15.2 Å². The first kappa shape index (κ1) is 23.9. The molecule has 186 valence electrons. The van der Waals surface area contributed by atoms with Crippen LogP contribution >= 0.6 is 0 Å². The quantitative estimate of drug-likeness (QED) is 0.472. The van der Waals surface area contributed by atoms with E-state index < -0.39 is 0 Å². The molecule has 0 unspecified atom stereocenters. The third-order valence-corrected chi connectivity index (χ3v) is 7.05. The van der Waals surface area contributed by atoms with Gasteiger partial charge in [-0.15, -0.1) is 0 Å². The summed E-state index contributed by atoms with van der Waals surface area (Å²) < 4.78 is 5.30. The van der Waals surface area contributed by atoms with Crippen LogP contribution in [0, 0.1) is 13.8 Å². The fraction of sp³-hybridized carbons (Fsp3) is 0.310.